The summed E-state index contributed by atoms with van der Waals surface area (Å²) < 4.78 is 5.67. The van der Waals surface area contributed by atoms with Crippen LogP contribution in [-0.2, 0) is 4.74 Å². The van der Waals surface area contributed by atoms with Crippen molar-refractivity contribution in [1.82, 2.24) is 9.88 Å². The van der Waals surface area contributed by atoms with Crippen LogP contribution in [0.15, 0.2) is 12.1 Å². The number of amides is 1. The molecule has 2 rings (SSSR count). The molecule has 0 saturated carbocycles. The molecule has 0 aliphatic carbocycles. The van der Waals surface area contributed by atoms with E-state index in [-0.39, 0.29) is 29.0 Å². The summed E-state index contributed by atoms with van der Waals surface area (Å²) in [6.07, 6.45) is -0.414. The summed E-state index contributed by atoms with van der Waals surface area (Å²) in [5.41, 5.74) is 5.19. The van der Waals surface area contributed by atoms with Gasteiger partial charge < -0.3 is 20.5 Å². The van der Waals surface area contributed by atoms with Crippen molar-refractivity contribution in [3.8, 4) is 0 Å². The van der Waals surface area contributed by atoms with Crippen LogP contribution in [0, 0.1) is 0 Å². The number of hydrogen-bond donors (Lipinski definition) is 2. The van der Waals surface area contributed by atoms with Gasteiger partial charge in [0.15, 0.2) is 0 Å². The fourth-order valence-corrected chi connectivity index (χ4v) is 2.49. The number of halogens is 1. The van der Waals surface area contributed by atoms with E-state index in [1.54, 1.807) is 17.0 Å². The standard InChI is InChI=1S/C13H18ClN3O3/c1-13(2)7-17(5-8(6-18)20-13)12(19)11-9(14)3-4-10(15)16-11/h3-4,8,18H,5-7H2,1-2H3,(H2,15,16). The number of pyridine rings is 1. The van der Waals surface area contributed by atoms with Crippen LogP contribution in [0.4, 0.5) is 5.82 Å². The van der Waals surface area contributed by atoms with Crippen LogP contribution in [0.3, 0.4) is 0 Å². The van der Waals surface area contributed by atoms with Gasteiger partial charge in [-0.1, -0.05) is 11.6 Å². The number of anilines is 1. The maximum absolute atomic E-state index is 12.5. The van der Waals surface area contributed by atoms with Crippen molar-refractivity contribution in [2.24, 2.45) is 0 Å². The molecule has 1 atom stereocenters. The first-order chi connectivity index (χ1) is 9.32. The van der Waals surface area contributed by atoms with Gasteiger partial charge in [0, 0.05) is 13.1 Å². The van der Waals surface area contributed by atoms with Crippen molar-refractivity contribution >= 4 is 23.3 Å². The van der Waals surface area contributed by atoms with E-state index in [0.29, 0.717) is 13.1 Å². The number of aliphatic hydroxyl groups is 1. The quantitative estimate of drug-likeness (QED) is 0.848. The Hall–Kier alpha value is -1.37. The van der Waals surface area contributed by atoms with E-state index in [9.17, 15) is 9.90 Å². The smallest absolute Gasteiger partial charge is 0.274 e. The number of ether oxygens (including phenoxy) is 1. The maximum Gasteiger partial charge on any atom is 0.274 e. The number of hydrogen-bond acceptors (Lipinski definition) is 5. The number of aromatic nitrogens is 1. The second kappa shape index (κ2) is 5.55. The summed E-state index contributed by atoms with van der Waals surface area (Å²) in [7, 11) is 0. The molecule has 0 radical (unpaired) electrons. The second-order valence-corrected chi connectivity index (χ2v) is 5.84. The topological polar surface area (TPSA) is 88.7 Å². The van der Waals surface area contributed by atoms with E-state index in [1.165, 1.54) is 0 Å². The summed E-state index contributed by atoms with van der Waals surface area (Å²) in [6.45, 7) is 4.28. The molecule has 0 aromatic carbocycles. The lowest BCUT2D eigenvalue weighted by atomic mass is 10.0. The lowest BCUT2D eigenvalue weighted by Gasteiger charge is -2.42. The van der Waals surface area contributed by atoms with E-state index in [0.717, 1.165) is 0 Å². The Labute approximate surface area is 122 Å². The number of aliphatic hydroxyl groups excluding tert-OH is 1. The van der Waals surface area contributed by atoms with Crippen LogP contribution in [-0.4, -0.2) is 52.3 Å². The molecule has 1 aromatic rings. The predicted octanol–water partition coefficient (Wildman–Crippen LogP) is 0.929. The van der Waals surface area contributed by atoms with Gasteiger partial charge in [-0.3, -0.25) is 4.79 Å². The van der Waals surface area contributed by atoms with Gasteiger partial charge in [0.1, 0.15) is 11.5 Å². The van der Waals surface area contributed by atoms with Crippen molar-refractivity contribution in [1.29, 1.82) is 0 Å². The van der Waals surface area contributed by atoms with Gasteiger partial charge in [0.25, 0.3) is 5.91 Å². The van der Waals surface area contributed by atoms with Crippen LogP contribution in [0.2, 0.25) is 5.02 Å². The molecule has 1 fully saturated rings. The molecular formula is C13H18ClN3O3. The molecule has 1 saturated heterocycles. The zero-order chi connectivity index (χ0) is 14.9. The van der Waals surface area contributed by atoms with E-state index < -0.39 is 11.7 Å². The molecule has 1 aliphatic rings. The molecule has 110 valence electrons. The first kappa shape index (κ1) is 15.0. The molecule has 3 N–H and O–H groups in total. The van der Waals surface area contributed by atoms with Crippen molar-refractivity contribution in [2.75, 3.05) is 25.4 Å². The number of morpholine rings is 1. The SMILES string of the molecule is CC1(C)CN(C(=O)c2nc(N)ccc2Cl)CC(CO)O1. The normalized spacial score (nSPS) is 21.8. The van der Waals surface area contributed by atoms with Crippen LogP contribution < -0.4 is 5.73 Å². The number of carbonyl (C=O) groups is 1. The second-order valence-electron chi connectivity index (χ2n) is 5.43. The number of nitrogens with zero attached hydrogens (tertiary/aromatic N) is 2. The van der Waals surface area contributed by atoms with Gasteiger partial charge in [-0.05, 0) is 26.0 Å². The zero-order valence-electron chi connectivity index (χ0n) is 11.5. The van der Waals surface area contributed by atoms with Crippen LogP contribution in [0.25, 0.3) is 0 Å². The summed E-state index contributed by atoms with van der Waals surface area (Å²) in [5.74, 6) is -0.0684. The number of rotatable bonds is 2. The molecule has 1 aliphatic heterocycles. The Morgan fingerprint density at radius 2 is 2.35 bits per heavy atom. The molecule has 1 aromatic heterocycles. The fraction of sp³-hybridized carbons (Fsp3) is 0.538. The van der Waals surface area contributed by atoms with Crippen LogP contribution in [0.1, 0.15) is 24.3 Å². The molecular weight excluding hydrogens is 282 g/mol. The highest BCUT2D eigenvalue weighted by molar-refractivity contribution is 6.33. The van der Waals surface area contributed by atoms with Gasteiger partial charge in [0.05, 0.1) is 23.3 Å². The maximum atomic E-state index is 12.5. The predicted molar refractivity (Wildman–Crippen MR) is 75.6 cm³/mol. The Morgan fingerprint density at radius 1 is 1.65 bits per heavy atom. The lowest BCUT2D eigenvalue weighted by molar-refractivity contribution is -0.139. The first-order valence-corrected chi connectivity index (χ1v) is 6.70. The average Bonchev–Trinajstić information content (AvgIpc) is 2.38. The molecule has 1 unspecified atom stereocenters. The van der Waals surface area contributed by atoms with Crippen molar-refractivity contribution in [3.05, 3.63) is 22.8 Å². The molecule has 1 amide bonds. The summed E-state index contributed by atoms with van der Waals surface area (Å²) in [5, 5.41) is 9.53. The van der Waals surface area contributed by atoms with Gasteiger partial charge in [0.2, 0.25) is 0 Å². The van der Waals surface area contributed by atoms with E-state index in [4.69, 9.17) is 22.1 Å². The fourth-order valence-electron chi connectivity index (χ4n) is 2.30. The van der Waals surface area contributed by atoms with Crippen LogP contribution in [0.5, 0.6) is 0 Å². The van der Waals surface area contributed by atoms with E-state index >= 15 is 0 Å². The van der Waals surface area contributed by atoms with Gasteiger partial charge in [-0.25, -0.2) is 4.98 Å². The van der Waals surface area contributed by atoms with Crippen molar-refractivity contribution < 1.29 is 14.6 Å². The minimum Gasteiger partial charge on any atom is -0.394 e. The Morgan fingerprint density at radius 3 is 3.00 bits per heavy atom. The highest BCUT2D eigenvalue weighted by Crippen LogP contribution is 2.24. The monoisotopic (exact) mass is 299 g/mol. The van der Waals surface area contributed by atoms with Gasteiger partial charge in [-0.2, -0.15) is 0 Å². The summed E-state index contributed by atoms with van der Waals surface area (Å²) >= 11 is 6.01. The third-order valence-corrected chi connectivity index (χ3v) is 3.35. The molecule has 0 bridgehead atoms. The number of carbonyl (C=O) groups excluding carboxylic acids is 1. The third kappa shape index (κ3) is 3.20. The Kier molecular flexibility index (Phi) is 4.17. The van der Waals surface area contributed by atoms with Gasteiger partial charge >= 0.3 is 0 Å². The van der Waals surface area contributed by atoms with Crippen LogP contribution >= 0.6 is 11.6 Å². The van der Waals surface area contributed by atoms with E-state index in [2.05, 4.69) is 4.98 Å². The zero-order valence-corrected chi connectivity index (χ0v) is 12.2. The van der Waals surface area contributed by atoms with Gasteiger partial charge in [-0.15, -0.1) is 0 Å². The Bertz CT molecular complexity index is 522. The van der Waals surface area contributed by atoms with E-state index in [1.807, 2.05) is 13.8 Å². The molecule has 20 heavy (non-hydrogen) atoms. The van der Waals surface area contributed by atoms with Crippen molar-refractivity contribution in [3.63, 3.8) is 0 Å². The number of nitrogen functional groups attached to an aromatic ring is 1. The average molecular weight is 300 g/mol. The van der Waals surface area contributed by atoms with Crippen molar-refractivity contribution in [2.45, 2.75) is 25.6 Å². The largest absolute Gasteiger partial charge is 0.394 e. The highest BCUT2D eigenvalue weighted by atomic mass is 35.5. The Balaban J connectivity index is 2.25. The first-order valence-electron chi connectivity index (χ1n) is 6.32. The molecule has 0 spiro atoms. The number of nitrogens with two attached hydrogens (primary N) is 1. The summed E-state index contributed by atoms with van der Waals surface area (Å²) in [4.78, 5) is 18.1. The minimum absolute atomic E-state index is 0.126. The minimum atomic E-state index is -0.534. The third-order valence-electron chi connectivity index (χ3n) is 3.04. The summed E-state index contributed by atoms with van der Waals surface area (Å²) in [6, 6.07) is 3.09. The highest BCUT2D eigenvalue weighted by Gasteiger charge is 2.36. The molecule has 2 heterocycles. The lowest BCUT2D eigenvalue weighted by Crippen LogP contribution is -2.55. The molecule has 7 heteroatoms. The molecule has 6 nitrogen and oxygen atoms in total.